The molecule has 1 rings (SSSR count). The van der Waals surface area contributed by atoms with Crippen LogP contribution in [0.4, 0.5) is 0 Å². The Morgan fingerprint density at radius 3 is 2.83 bits per heavy atom. The molecule has 0 saturated carbocycles. The van der Waals surface area contributed by atoms with Crippen molar-refractivity contribution in [3.05, 3.63) is 35.5 Å². The molecule has 0 atom stereocenters. The van der Waals surface area contributed by atoms with Crippen LogP contribution in [0.3, 0.4) is 0 Å². The normalized spacial score (nSPS) is 10.7. The summed E-state index contributed by atoms with van der Waals surface area (Å²) in [6.07, 6.45) is 2.61. The second kappa shape index (κ2) is 4.21. The van der Waals surface area contributed by atoms with Gasteiger partial charge in [-0.15, -0.1) is 0 Å². The summed E-state index contributed by atoms with van der Waals surface area (Å²) in [5.74, 6) is 1.33. The largest absolute Gasteiger partial charge is 0.390 e. The lowest BCUT2D eigenvalue weighted by atomic mass is 10.0. The third-order valence-electron chi connectivity index (χ3n) is 1.68. The van der Waals surface area contributed by atoms with Crippen molar-refractivity contribution >= 4 is 0 Å². The Morgan fingerprint density at radius 1 is 1.50 bits per heavy atom. The molecule has 0 saturated heterocycles. The number of hydrogen-bond donors (Lipinski definition) is 1. The van der Waals surface area contributed by atoms with Gasteiger partial charge >= 0.3 is 0 Å². The molecule has 65 valence electrons. The van der Waals surface area contributed by atoms with Gasteiger partial charge in [0.1, 0.15) is 0 Å². The van der Waals surface area contributed by atoms with Crippen LogP contribution in [0.2, 0.25) is 0 Å². The number of pyridine rings is 1. The van der Waals surface area contributed by atoms with Crippen molar-refractivity contribution in [1.29, 1.82) is 0 Å². The minimum absolute atomic E-state index is 0.0312. The van der Waals surface area contributed by atoms with Gasteiger partial charge in [0.2, 0.25) is 0 Å². The number of aromatic nitrogens is 1. The molecular weight excluding hydrogens is 150 g/mol. The van der Waals surface area contributed by atoms with E-state index in [0.29, 0.717) is 0 Å². The van der Waals surface area contributed by atoms with Crippen LogP contribution in [0.1, 0.15) is 25.1 Å². The van der Waals surface area contributed by atoms with E-state index in [2.05, 4.69) is 18.8 Å². The Labute approximate surface area is 73.3 Å². The molecule has 0 fully saturated rings. The van der Waals surface area contributed by atoms with Crippen LogP contribution in [0.15, 0.2) is 18.3 Å². The SMILES string of the molecule is C[C](C)Cc1cccnc1CO. The first-order valence-electron chi connectivity index (χ1n) is 4.06. The molecular formula is C10H14NO. The van der Waals surface area contributed by atoms with Crippen LogP contribution in [0.5, 0.6) is 0 Å². The van der Waals surface area contributed by atoms with Gasteiger partial charge in [0.25, 0.3) is 0 Å². The van der Waals surface area contributed by atoms with Crippen molar-refractivity contribution in [2.45, 2.75) is 26.9 Å². The van der Waals surface area contributed by atoms with E-state index in [1.165, 1.54) is 5.92 Å². The first-order chi connectivity index (χ1) is 5.74. The molecule has 0 bridgehead atoms. The summed E-state index contributed by atoms with van der Waals surface area (Å²) in [6, 6.07) is 3.91. The van der Waals surface area contributed by atoms with E-state index in [1.807, 2.05) is 12.1 Å². The molecule has 0 aliphatic heterocycles. The summed E-state index contributed by atoms with van der Waals surface area (Å²) in [5.41, 5.74) is 1.92. The predicted octanol–water partition coefficient (Wildman–Crippen LogP) is 1.73. The zero-order chi connectivity index (χ0) is 8.97. The molecule has 1 aromatic rings. The first kappa shape index (κ1) is 9.20. The van der Waals surface area contributed by atoms with Crippen LogP contribution in [-0.2, 0) is 13.0 Å². The minimum atomic E-state index is 0.0312. The fourth-order valence-corrected chi connectivity index (χ4v) is 1.16. The van der Waals surface area contributed by atoms with E-state index in [4.69, 9.17) is 5.11 Å². The maximum Gasteiger partial charge on any atom is 0.0855 e. The van der Waals surface area contributed by atoms with Crippen molar-refractivity contribution in [3.63, 3.8) is 0 Å². The summed E-state index contributed by atoms with van der Waals surface area (Å²) in [4.78, 5) is 4.09. The van der Waals surface area contributed by atoms with E-state index in [1.54, 1.807) is 6.20 Å². The van der Waals surface area contributed by atoms with Crippen molar-refractivity contribution in [2.24, 2.45) is 0 Å². The molecule has 1 heterocycles. The van der Waals surface area contributed by atoms with Gasteiger partial charge in [0, 0.05) is 6.20 Å². The fourth-order valence-electron chi connectivity index (χ4n) is 1.16. The van der Waals surface area contributed by atoms with Crippen molar-refractivity contribution < 1.29 is 5.11 Å². The molecule has 0 unspecified atom stereocenters. The van der Waals surface area contributed by atoms with Crippen LogP contribution in [0.25, 0.3) is 0 Å². The summed E-state index contributed by atoms with van der Waals surface area (Å²) < 4.78 is 0. The summed E-state index contributed by atoms with van der Waals surface area (Å²) in [5, 5.41) is 8.96. The summed E-state index contributed by atoms with van der Waals surface area (Å²) >= 11 is 0. The minimum Gasteiger partial charge on any atom is -0.390 e. The Kier molecular flexibility index (Phi) is 3.23. The van der Waals surface area contributed by atoms with Crippen molar-refractivity contribution in [3.8, 4) is 0 Å². The predicted molar refractivity (Wildman–Crippen MR) is 48.5 cm³/mol. The molecule has 2 heteroatoms. The molecule has 12 heavy (non-hydrogen) atoms. The molecule has 0 spiro atoms. The lowest BCUT2D eigenvalue weighted by Gasteiger charge is -2.07. The lowest BCUT2D eigenvalue weighted by Crippen LogP contribution is -2.00. The lowest BCUT2D eigenvalue weighted by molar-refractivity contribution is 0.275. The zero-order valence-corrected chi connectivity index (χ0v) is 7.54. The van der Waals surface area contributed by atoms with Crippen LogP contribution in [0, 0.1) is 5.92 Å². The highest BCUT2D eigenvalue weighted by atomic mass is 16.3. The smallest absolute Gasteiger partial charge is 0.0855 e. The van der Waals surface area contributed by atoms with Gasteiger partial charge in [-0.25, -0.2) is 0 Å². The average molecular weight is 164 g/mol. The number of aliphatic hydroxyl groups is 1. The van der Waals surface area contributed by atoms with E-state index in [-0.39, 0.29) is 6.61 Å². The van der Waals surface area contributed by atoms with Crippen molar-refractivity contribution in [2.75, 3.05) is 0 Å². The summed E-state index contributed by atoms with van der Waals surface area (Å²) in [6.45, 7) is 4.19. The van der Waals surface area contributed by atoms with E-state index >= 15 is 0 Å². The third-order valence-corrected chi connectivity index (χ3v) is 1.68. The number of rotatable bonds is 3. The average Bonchev–Trinajstić information content (AvgIpc) is 2.04. The molecule has 0 aromatic carbocycles. The maximum atomic E-state index is 8.96. The van der Waals surface area contributed by atoms with Gasteiger partial charge in [-0.2, -0.15) is 0 Å². The highest BCUT2D eigenvalue weighted by molar-refractivity contribution is 5.22. The Hall–Kier alpha value is -0.890. The molecule has 1 radical (unpaired) electrons. The molecule has 2 nitrogen and oxygen atoms in total. The van der Waals surface area contributed by atoms with Gasteiger partial charge in [-0.1, -0.05) is 19.9 Å². The van der Waals surface area contributed by atoms with Crippen LogP contribution >= 0.6 is 0 Å². The Balaban J connectivity index is 2.82. The van der Waals surface area contributed by atoms with Gasteiger partial charge < -0.3 is 5.11 Å². The third kappa shape index (κ3) is 2.31. The van der Waals surface area contributed by atoms with Gasteiger partial charge in [-0.3, -0.25) is 4.98 Å². The Morgan fingerprint density at radius 2 is 2.25 bits per heavy atom. The van der Waals surface area contributed by atoms with Crippen LogP contribution < -0.4 is 0 Å². The van der Waals surface area contributed by atoms with E-state index in [9.17, 15) is 0 Å². The van der Waals surface area contributed by atoms with Gasteiger partial charge in [0.15, 0.2) is 0 Å². The highest BCUT2D eigenvalue weighted by Gasteiger charge is 2.03. The monoisotopic (exact) mass is 164 g/mol. The highest BCUT2D eigenvalue weighted by Crippen LogP contribution is 2.12. The molecule has 1 N–H and O–H groups in total. The standard InChI is InChI=1S/C10H14NO/c1-8(2)6-9-4-3-5-11-10(9)7-12/h3-5,12H,6-7H2,1-2H3. The number of hydrogen-bond acceptors (Lipinski definition) is 2. The summed E-state index contributed by atoms with van der Waals surface area (Å²) in [7, 11) is 0. The fraction of sp³-hybridized carbons (Fsp3) is 0.400. The second-order valence-corrected chi connectivity index (χ2v) is 3.15. The van der Waals surface area contributed by atoms with E-state index < -0.39 is 0 Å². The molecule has 0 amide bonds. The Bertz CT molecular complexity index is 245. The zero-order valence-electron chi connectivity index (χ0n) is 7.54. The second-order valence-electron chi connectivity index (χ2n) is 3.15. The maximum absolute atomic E-state index is 8.96. The van der Waals surface area contributed by atoms with Gasteiger partial charge in [0.05, 0.1) is 12.3 Å². The topological polar surface area (TPSA) is 33.1 Å². The van der Waals surface area contributed by atoms with Gasteiger partial charge in [-0.05, 0) is 24.0 Å². The van der Waals surface area contributed by atoms with Crippen molar-refractivity contribution in [1.82, 2.24) is 4.98 Å². The number of aliphatic hydroxyl groups excluding tert-OH is 1. The quantitative estimate of drug-likeness (QED) is 0.738. The van der Waals surface area contributed by atoms with E-state index in [0.717, 1.165) is 17.7 Å². The molecule has 1 aromatic heterocycles. The number of nitrogens with zero attached hydrogens (tertiary/aromatic N) is 1. The van der Waals surface area contributed by atoms with Crippen LogP contribution in [-0.4, -0.2) is 10.1 Å². The first-order valence-corrected chi connectivity index (χ1v) is 4.06. The molecule has 0 aliphatic rings. The molecule has 0 aliphatic carbocycles.